The lowest BCUT2D eigenvalue weighted by atomic mass is 10.1. The van der Waals surface area contributed by atoms with E-state index in [0.717, 1.165) is 22.5 Å². The molecule has 0 radical (unpaired) electrons. The summed E-state index contributed by atoms with van der Waals surface area (Å²) in [6.07, 6.45) is 6.05. The van der Waals surface area contributed by atoms with Crippen LogP contribution in [0.1, 0.15) is 11.1 Å². The summed E-state index contributed by atoms with van der Waals surface area (Å²) >= 11 is 0. The summed E-state index contributed by atoms with van der Waals surface area (Å²) in [5.74, 6) is 0. The highest BCUT2D eigenvalue weighted by atomic mass is 15.1. The SMILES string of the molecule is C1=Cc2ccccc2N=NC1=Cc1ccccc1. The number of allylic oxidation sites excluding steroid dienone is 1. The van der Waals surface area contributed by atoms with Crippen LogP contribution in [-0.4, -0.2) is 0 Å². The normalized spacial score (nSPS) is 15.4. The Kier molecular flexibility index (Phi) is 2.84. The zero-order chi connectivity index (χ0) is 12.2. The summed E-state index contributed by atoms with van der Waals surface area (Å²) in [6, 6.07) is 18.1. The van der Waals surface area contributed by atoms with Gasteiger partial charge in [0.15, 0.2) is 0 Å². The van der Waals surface area contributed by atoms with Crippen molar-refractivity contribution in [3.63, 3.8) is 0 Å². The first-order chi connectivity index (χ1) is 8.92. The van der Waals surface area contributed by atoms with Crippen LogP contribution in [0.25, 0.3) is 12.2 Å². The molecule has 0 bridgehead atoms. The van der Waals surface area contributed by atoms with Crippen LogP contribution >= 0.6 is 0 Å². The minimum atomic E-state index is 0.859. The Bertz CT molecular complexity index is 602. The van der Waals surface area contributed by atoms with Crippen molar-refractivity contribution in [3.05, 3.63) is 77.5 Å². The van der Waals surface area contributed by atoms with Gasteiger partial charge >= 0.3 is 0 Å². The van der Waals surface area contributed by atoms with Gasteiger partial charge in [0.05, 0.1) is 11.4 Å². The molecule has 1 aliphatic rings. The zero-order valence-corrected chi connectivity index (χ0v) is 9.82. The van der Waals surface area contributed by atoms with Crippen molar-refractivity contribution in [2.45, 2.75) is 0 Å². The Morgan fingerprint density at radius 1 is 0.722 bits per heavy atom. The molecule has 0 fully saturated rings. The van der Waals surface area contributed by atoms with Gasteiger partial charge in [0.2, 0.25) is 0 Å². The predicted molar refractivity (Wildman–Crippen MR) is 74.4 cm³/mol. The van der Waals surface area contributed by atoms with Gasteiger partial charge in [-0.3, -0.25) is 0 Å². The molecular weight excluding hydrogens is 220 g/mol. The molecule has 0 N–H and O–H groups in total. The van der Waals surface area contributed by atoms with E-state index in [4.69, 9.17) is 0 Å². The van der Waals surface area contributed by atoms with E-state index in [-0.39, 0.29) is 0 Å². The Morgan fingerprint density at radius 2 is 1.50 bits per heavy atom. The number of nitrogens with zero attached hydrogens (tertiary/aromatic N) is 2. The number of fused-ring (bicyclic) bond motifs is 1. The molecule has 0 aliphatic carbocycles. The second-order valence-electron chi connectivity index (χ2n) is 4.07. The maximum absolute atomic E-state index is 4.26. The van der Waals surface area contributed by atoms with Gasteiger partial charge in [0.1, 0.15) is 0 Å². The van der Waals surface area contributed by atoms with E-state index >= 15 is 0 Å². The van der Waals surface area contributed by atoms with Gasteiger partial charge in [-0.15, -0.1) is 5.11 Å². The average molecular weight is 232 g/mol. The summed E-state index contributed by atoms with van der Waals surface area (Å²) in [5.41, 5.74) is 3.99. The molecule has 0 amide bonds. The Hall–Kier alpha value is -2.48. The van der Waals surface area contributed by atoms with Crippen LogP contribution < -0.4 is 0 Å². The molecule has 1 heterocycles. The largest absolute Gasteiger partial charge is 0.151 e. The topological polar surface area (TPSA) is 24.7 Å². The number of hydrogen-bond donors (Lipinski definition) is 0. The number of rotatable bonds is 1. The summed E-state index contributed by atoms with van der Waals surface area (Å²) in [5, 5.41) is 8.52. The van der Waals surface area contributed by atoms with E-state index in [1.54, 1.807) is 0 Å². The molecule has 2 nitrogen and oxygen atoms in total. The molecule has 86 valence electrons. The molecule has 0 saturated carbocycles. The molecule has 0 spiro atoms. The molecule has 2 heteroatoms. The van der Waals surface area contributed by atoms with Crippen LogP contribution in [0.4, 0.5) is 5.69 Å². The van der Waals surface area contributed by atoms with Crippen molar-refractivity contribution >= 4 is 17.8 Å². The third-order valence-corrected chi connectivity index (χ3v) is 2.76. The van der Waals surface area contributed by atoms with Gasteiger partial charge in [0.25, 0.3) is 0 Å². The molecule has 0 saturated heterocycles. The molecule has 2 aromatic carbocycles. The van der Waals surface area contributed by atoms with Crippen LogP contribution in [0.15, 0.2) is 76.6 Å². The molecule has 3 rings (SSSR count). The van der Waals surface area contributed by atoms with Gasteiger partial charge in [-0.2, -0.15) is 5.11 Å². The van der Waals surface area contributed by atoms with Gasteiger partial charge in [-0.25, -0.2) is 0 Å². The van der Waals surface area contributed by atoms with Gasteiger partial charge in [0, 0.05) is 5.56 Å². The maximum atomic E-state index is 4.26. The lowest BCUT2D eigenvalue weighted by Gasteiger charge is -1.94. The third-order valence-electron chi connectivity index (χ3n) is 2.76. The standard InChI is InChI=1S/C16H12N2/c1-2-6-13(7-3-1)12-15-11-10-14-8-4-5-9-16(14)18-17-15/h1-12H. The highest BCUT2D eigenvalue weighted by Crippen LogP contribution is 2.25. The van der Waals surface area contributed by atoms with Crippen LogP contribution in [0.3, 0.4) is 0 Å². The maximum Gasteiger partial charge on any atom is 0.0929 e. The Morgan fingerprint density at radius 3 is 2.39 bits per heavy atom. The van der Waals surface area contributed by atoms with Gasteiger partial charge in [-0.1, -0.05) is 54.6 Å². The van der Waals surface area contributed by atoms with Crippen LogP contribution in [-0.2, 0) is 0 Å². The fraction of sp³-hybridized carbons (Fsp3) is 0. The smallest absolute Gasteiger partial charge is 0.0929 e. The van der Waals surface area contributed by atoms with E-state index in [0.29, 0.717) is 0 Å². The van der Waals surface area contributed by atoms with Crippen molar-refractivity contribution in [2.24, 2.45) is 10.2 Å². The van der Waals surface area contributed by atoms with Crippen LogP contribution in [0, 0.1) is 0 Å². The fourth-order valence-corrected chi connectivity index (χ4v) is 1.84. The molecule has 0 aromatic heterocycles. The lowest BCUT2D eigenvalue weighted by Crippen LogP contribution is -1.73. The average Bonchev–Trinajstić information content (AvgIpc) is 2.63. The van der Waals surface area contributed by atoms with E-state index in [1.807, 2.05) is 72.8 Å². The molecular formula is C16H12N2. The minimum absolute atomic E-state index is 0.859. The van der Waals surface area contributed by atoms with Gasteiger partial charge < -0.3 is 0 Å². The molecule has 18 heavy (non-hydrogen) atoms. The minimum Gasteiger partial charge on any atom is -0.151 e. The van der Waals surface area contributed by atoms with Crippen molar-refractivity contribution in [3.8, 4) is 0 Å². The van der Waals surface area contributed by atoms with E-state index in [9.17, 15) is 0 Å². The zero-order valence-electron chi connectivity index (χ0n) is 9.82. The van der Waals surface area contributed by atoms with E-state index in [2.05, 4.69) is 10.2 Å². The quantitative estimate of drug-likeness (QED) is 0.672. The second kappa shape index (κ2) is 4.80. The highest BCUT2D eigenvalue weighted by Gasteiger charge is 2.01. The number of benzene rings is 2. The van der Waals surface area contributed by atoms with Gasteiger partial charge in [-0.05, 0) is 23.8 Å². The third kappa shape index (κ3) is 2.28. The fourth-order valence-electron chi connectivity index (χ4n) is 1.84. The van der Waals surface area contributed by atoms with Crippen molar-refractivity contribution in [1.29, 1.82) is 0 Å². The van der Waals surface area contributed by atoms with Crippen LogP contribution in [0.2, 0.25) is 0 Å². The predicted octanol–water partition coefficient (Wildman–Crippen LogP) is 4.84. The molecule has 0 atom stereocenters. The van der Waals surface area contributed by atoms with Crippen molar-refractivity contribution in [1.82, 2.24) is 0 Å². The molecule has 2 aromatic rings. The lowest BCUT2D eigenvalue weighted by molar-refractivity contribution is 1.19. The summed E-state index contributed by atoms with van der Waals surface area (Å²) in [4.78, 5) is 0. The Labute approximate surface area is 106 Å². The van der Waals surface area contributed by atoms with Crippen molar-refractivity contribution in [2.75, 3.05) is 0 Å². The number of hydrogen-bond acceptors (Lipinski definition) is 2. The molecule has 0 unspecified atom stereocenters. The monoisotopic (exact) mass is 232 g/mol. The summed E-state index contributed by atoms with van der Waals surface area (Å²) in [7, 11) is 0. The van der Waals surface area contributed by atoms with Crippen molar-refractivity contribution < 1.29 is 0 Å². The van der Waals surface area contributed by atoms with E-state index in [1.165, 1.54) is 0 Å². The first-order valence-corrected chi connectivity index (χ1v) is 5.87. The summed E-state index contributed by atoms with van der Waals surface area (Å²) < 4.78 is 0. The Balaban J connectivity index is 1.97. The first kappa shape index (κ1) is 10.7. The highest BCUT2D eigenvalue weighted by molar-refractivity contribution is 5.68. The molecule has 1 aliphatic heterocycles. The second-order valence-corrected chi connectivity index (χ2v) is 4.07. The summed E-state index contributed by atoms with van der Waals surface area (Å²) in [6.45, 7) is 0. The first-order valence-electron chi connectivity index (χ1n) is 5.87. The van der Waals surface area contributed by atoms with Crippen LogP contribution in [0.5, 0.6) is 0 Å². The van der Waals surface area contributed by atoms with E-state index < -0.39 is 0 Å². The number of azo groups is 1.